The van der Waals surface area contributed by atoms with Gasteiger partial charge in [-0.1, -0.05) is 12.6 Å². The Morgan fingerprint density at radius 1 is 1.18 bits per heavy atom. The van der Waals surface area contributed by atoms with Crippen molar-refractivity contribution in [3.63, 3.8) is 0 Å². The van der Waals surface area contributed by atoms with Crippen LogP contribution in [-0.2, 0) is 11.0 Å². The van der Waals surface area contributed by atoms with E-state index in [4.69, 9.17) is 17.5 Å². The second-order valence-electron chi connectivity index (χ2n) is 8.79. The van der Waals surface area contributed by atoms with Crippen LogP contribution in [0.15, 0.2) is 18.2 Å². The molecule has 0 bridgehead atoms. The van der Waals surface area contributed by atoms with Crippen LogP contribution in [0.5, 0.6) is 0 Å². The van der Waals surface area contributed by atoms with Gasteiger partial charge in [-0.2, -0.15) is 18.4 Å². The number of rotatable bonds is 6. The number of piperazine rings is 1. The molecular weight excluding hydrogens is 487 g/mol. The zero-order valence-corrected chi connectivity index (χ0v) is 20.6. The van der Waals surface area contributed by atoms with Crippen molar-refractivity contribution in [2.24, 2.45) is 0 Å². The third-order valence-electron chi connectivity index (χ3n) is 6.26. The summed E-state index contributed by atoms with van der Waals surface area (Å²) in [7, 11) is 0. The van der Waals surface area contributed by atoms with Crippen LogP contribution in [0.3, 0.4) is 0 Å². The average Bonchev–Trinajstić information content (AvgIpc) is 2.94. The molecule has 184 valence electrons. The topological polar surface area (TPSA) is 70.9 Å². The minimum Gasteiger partial charge on any atom is -0.334 e. The van der Waals surface area contributed by atoms with Gasteiger partial charge in [-0.05, 0) is 63.7 Å². The van der Waals surface area contributed by atoms with Gasteiger partial charge in [0.25, 0.3) is 11.1 Å². The van der Waals surface area contributed by atoms with E-state index >= 15 is 0 Å². The molecule has 1 aromatic carbocycles. The number of hydrogen-bond donors (Lipinski definition) is 1. The summed E-state index contributed by atoms with van der Waals surface area (Å²) in [6.45, 7) is 7.52. The number of anilines is 1. The van der Waals surface area contributed by atoms with E-state index in [-0.39, 0.29) is 16.0 Å². The Bertz CT molecular complexity index is 1020. The number of halogens is 3. The molecule has 2 saturated heterocycles. The number of hydrogen-bond acceptors (Lipinski definition) is 5. The van der Waals surface area contributed by atoms with Gasteiger partial charge >= 0.3 is 6.18 Å². The molecule has 34 heavy (non-hydrogen) atoms. The van der Waals surface area contributed by atoms with Crippen molar-refractivity contribution < 1.29 is 22.8 Å². The summed E-state index contributed by atoms with van der Waals surface area (Å²) < 4.78 is 40.3. The van der Waals surface area contributed by atoms with Gasteiger partial charge in [0.05, 0.1) is 22.9 Å². The molecular formula is C22H26F3N5O2S2. The smallest absolute Gasteiger partial charge is 0.334 e. The molecule has 2 aliphatic heterocycles. The van der Waals surface area contributed by atoms with Crippen LogP contribution in [0.2, 0.25) is 0 Å². The third kappa shape index (κ3) is 5.31. The molecule has 0 saturated carbocycles. The molecule has 2 fully saturated rings. The molecule has 2 aliphatic rings. The Balaban J connectivity index is 1.65. The second-order valence-corrected chi connectivity index (χ2v) is 9.54. The molecule has 7 nitrogen and oxygen atoms in total. The van der Waals surface area contributed by atoms with E-state index in [1.165, 1.54) is 6.07 Å². The van der Waals surface area contributed by atoms with Crippen molar-refractivity contribution in [3.8, 4) is 6.07 Å². The lowest BCUT2D eigenvalue weighted by molar-refractivity contribution is -0.137. The first-order valence-electron chi connectivity index (χ1n) is 10.9. The zero-order chi connectivity index (χ0) is 25.3. The lowest BCUT2D eigenvalue weighted by Crippen LogP contribution is -2.47. The summed E-state index contributed by atoms with van der Waals surface area (Å²) in [6.07, 6.45) is -3.16. The van der Waals surface area contributed by atoms with Gasteiger partial charge in [0, 0.05) is 32.7 Å². The van der Waals surface area contributed by atoms with E-state index in [1.54, 1.807) is 29.7 Å². The highest BCUT2D eigenvalue weighted by Gasteiger charge is 2.49. The van der Waals surface area contributed by atoms with E-state index in [0.717, 1.165) is 49.5 Å². The van der Waals surface area contributed by atoms with Crippen molar-refractivity contribution in [2.45, 2.75) is 38.4 Å². The number of nitrogens with zero attached hydrogens (tertiary/aromatic N) is 5. The maximum absolute atomic E-state index is 13.4. The van der Waals surface area contributed by atoms with Gasteiger partial charge in [-0.3, -0.25) is 19.4 Å². The summed E-state index contributed by atoms with van der Waals surface area (Å²) in [5.41, 5.74) is -2.63. The summed E-state index contributed by atoms with van der Waals surface area (Å²) in [4.78, 5) is 31.3. The van der Waals surface area contributed by atoms with Crippen LogP contribution >= 0.6 is 24.8 Å². The first kappa shape index (κ1) is 26.2. The van der Waals surface area contributed by atoms with E-state index in [0.29, 0.717) is 19.6 Å². The SMILES string of the molecule is CC1(C)C(=O)N(c2ccc(C#N)c(C(F)(F)F)c2)C(=S)N1CCCCN1CCN(C(=O)S)CC1. The highest BCUT2D eigenvalue weighted by molar-refractivity contribution is 7.96. The summed E-state index contributed by atoms with van der Waals surface area (Å²) in [6, 6.07) is 4.72. The van der Waals surface area contributed by atoms with E-state index in [2.05, 4.69) is 17.5 Å². The minimum atomic E-state index is -4.73. The summed E-state index contributed by atoms with van der Waals surface area (Å²) in [5.74, 6) is -0.414. The van der Waals surface area contributed by atoms with Crippen LogP contribution < -0.4 is 4.90 Å². The van der Waals surface area contributed by atoms with Gasteiger partial charge in [0.2, 0.25) is 0 Å². The summed E-state index contributed by atoms with van der Waals surface area (Å²) >= 11 is 9.36. The molecule has 2 amide bonds. The van der Waals surface area contributed by atoms with Gasteiger partial charge in [0.15, 0.2) is 5.11 Å². The molecule has 2 heterocycles. The molecule has 0 unspecified atom stereocenters. The number of thiol groups is 1. The highest BCUT2D eigenvalue weighted by Crippen LogP contribution is 2.37. The van der Waals surface area contributed by atoms with Crippen molar-refractivity contribution in [3.05, 3.63) is 29.3 Å². The van der Waals surface area contributed by atoms with E-state index in [9.17, 15) is 22.8 Å². The number of benzene rings is 1. The van der Waals surface area contributed by atoms with Crippen molar-refractivity contribution in [2.75, 3.05) is 44.2 Å². The van der Waals surface area contributed by atoms with Gasteiger partial charge in [0.1, 0.15) is 5.54 Å². The summed E-state index contributed by atoms with van der Waals surface area (Å²) in [5, 5.41) is 8.96. The van der Waals surface area contributed by atoms with Crippen molar-refractivity contribution >= 4 is 46.8 Å². The Morgan fingerprint density at radius 3 is 2.35 bits per heavy atom. The number of alkyl halides is 3. The normalized spacial score (nSPS) is 19.0. The lowest BCUT2D eigenvalue weighted by Gasteiger charge is -2.34. The number of thiocarbonyl (C=S) groups is 1. The van der Waals surface area contributed by atoms with Crippen LogP contribution in [0.25, 0.3) is 0 Å². The van der Waals surface area contributed by atoms with Crippen LogP contribution in [-0.4, -0.2) is 75.8 Å². The second kappa shape index (κ2) is 10.1. The molecule has 0 aromatic heterocycles. The largest absolute Gasteiger partial charge is 0.417 e. The first-order valence-corrected chi connectivity index (χ1v) is 11.7. The fourth-order valence-corrected chi connectivity index (χ4v) is 4.92. The Hall–Kier alpha value is -2.36. The van der Waals surface area contributed by atoms with Gasteiger partial charge < -0.3 is 9.80 Å². The zero-order valence-electron chi connectivity index (χ0n) is 18.9. The number of carbonyl (C=O) groups is 2. The van der Waals surface area contributed by atoms with E-state index in [1.807, 2.05) is 0 Å². The molecule has 0 atom stereocenters. The van der Waals surface area contributed by atoms with Crippen LogP contribution in [0.1, 0.15) is 37.8 Å². The molecule has 0 aliphatic carbocycles. The van der Waals surface area contributed by atoms with Gasteiger partial charge in [-0.25, -0.2) is 0 Å². The Kier molecular flexibility index (Phi) is 7.79. The number of unbranched alkanes of at least 4 members (excludes halogenated alkanes) is 1. The van der Waals surface area contributed by atoms with Crippen molar-refractivity contribution in [1.29, 1.82) is 5.26 Å². The quantitative estimate of drug-likeness (QED) is 0.355. The third-order valence-corrected chi connectivity index (χ3v) is 6.95. The molecule has 0 radical (unpaired) electrons. The number of amides is 2. The number of carbonyl (C=O) groups excluding carboxylic acids is 2. The first-order chi connectivity index (χ1) is 15.9. The Morgan fingerprint density at radius 2 is 1.79 bits per heavy atom. The van der Waals surface area contributed by atoms with Crippen LogP contribution in [0, 0.1) is 11.3 Å². The van der Waals surface area contributed by atoms with Gasteiger partial charge in [-0.15, -0.1) is 0 Å². The predicted molar refractivity (Wildman–Crippen MR) is 129 cm³/mol. The standard InChI is InChI=1S/C22H26F3N5O2S2/c1-21(2)18(31)30(16-6-5-15(14-26)17(13-16)22(23,24)25)19(33)29(21)8-4-3-7-27-9-11-28(12-10-27)20(32)34/h5-6,13H,3-4,7-12H2,1-2H3,(H,32,34). The van der Waals surface area contributed by atoms with Crippen LogP contribution in [0.4, 0.5) is 23.7 Å². The molecule has 0 spiro atoms. The highest BCUT2D eigenvalue weighted by atomic mass is 32.1. The predicted octanol–water partition coefficient (Wildman–Crippen LogP) is 3.74. The molecule has 3 rings (SSSR count). The maximum atomic E-state index is 13.4. The monoisotopic (exact) mass is 513 g/mol. The lowest BCUT2D eigenvalue weighted by atomic mass is 10.0. The fraction of sp³-hybridized carbons (Fsp3) is 0.545. The molecule has 0 N–H and O–H groups in total. The Labute approximate surface area is 207 Å². The average molecular weight is 514 g/mol. The molecule has 12 heteroatoms. The fourth-order valence-electron chi connectivity index (χ4n) is 4.21. The number of nitriles is 1. The minimum absolute atomic E-state index is 0.00601. The van der Waals surface area contributed by atoms with E-state index < -0.39 is 28.7 Å². The molecule has 1 aromatic rings. The van der Waals surface area contributed by atoms with Crippen molar-refractivity contribution in [1.82, 2.24) is 14.7 Å². The maximum Gasteiger partial charge on any atom is 0.417 e.